The highest BCUT2D eigenvalue weighted by Crippen LogP contribution is 2.18. The molecule has 0 heterocycles. The van der Waals surface area contributed by atoms with E-state index in [1.54, 1.807) is 18.2 Å². The maximum atomic E-state index is 11.8. The number of rotatable bonds is 5. The van der Waals surface area contributed by atoms with Crippen LogP contribution in [0.3, 0.4) is 0 Å². The van der Waals surface area contributed by atoms with E-state index < -0.39 is 10.8 Å². The number of benzene rings is 1. The zero-order chi connectivity index (χ0) is 12.8. The molecule has 1 aromatic rings. The van der Waals surface area contributed by atoms with Gasteiger partial charge < -0.3 is 11.1 Å². The number of anilines is 1. The Morgan fingerprint density at radius 2 is 2.24 bits per heavy atom. The lowest BCUT2D eigenvalue weighted by atomic mass is 10.2. The third-order valence-corrected chi connectivity index (χ3v) is 3.99. The molecule has 0 aliphatic rings. The van der Waals surface area contributed by atoms with Gasteiger partial charge >= 0.3 is 0 Å². The molecular weight excluding hydrogens is 304 g/mol. The molecule has 1 unspecified atom stereocenters. The molecule has 94 valence electrons. The molecular formula is C11H15BrN2O2S. The second kappa shape index (κ2) is 6.76. The van der Waals surface area contributed by atoms with Crippen LogP contribution >= 0.6 is 15.9 Å². The van der Waals surface area contributed by atoms with Crippen molar-refractivity contribution in [3.63, 3.8) is 0 Å². The molecule has 0 aliphatic carbocycles. The van der Waals surface area contributed by atoms with Crippen LogP contribution in [0.2, 0.25) is 0 Å². The highest BCUT2D eigenvalue weighted by atomic mass is 79.9. The Bertz CT molecular complexity index is 437. The number of hydrogen-bond donors (Lipinski definition) is 2. The van der Waals surface area contributed by atoms with E-state index in [0.29, 0.717) is 29.3 Å². The lowest BCUT2D eigenvalue weighted by Crippen LogP contribution is -2.28. The minimum Gasteiger partial charge on any atom is -0.398 e. The lowest BCUT2D eigenvalue weighted by molar-refractivity contribution is 0.0957. The van der Waals surface area contributed by atoms with Gasteiger partial charge in [0.2, 0.25) is 0 Å². The third-order valence-electron chi connectivity index (χ3n) is 2.20. The van der Waals surface area contributed by atoms with Gasteiger partial charge in [0, 0.05) is 39.0 Å². The summed E-state index contributed by atoms with van der Waals surface area (Å²) in [5.41, 5.74) is 6.57. The number of nitrogens with one attached hydrogen (secondary N) is 1. The molecule has 1 aromatic carbocycles. The fraction of sp³-hybridized carbons (Fsp3) is 0.364. The van der Waals surface area contributed by atoms with E-state index in [4.69, 9.17) is 5.73 Å². The van der Waals surface area contributed by atoms with Crippen LogP contribution in [0, 0.1) is 0 Å². The van der Waals surface area contributed by atoms with Crippen LogP contribution in [0.15, 0.2) is 22.7 Å². The van der Waals surface area contributed by atoms with E-state index in [-0.39, 0.29) is 5.91 Å². The second-order valence-corrected chi connectivity index (χ2v) is 6.20. The first kappa shape index (κ1) is 14.2. The molecule has 17 heavy (non-hydrogen) atoms. The van der Waals surface area contributed by atoms with Gasteiger partial charge in [0.15, 0.2) is 0 Å². The first-order chi connectivity index (χ1) is 8.04. The topological polar surface area (TPSA) is 72.2 Å². The molecule has 3 N–H and O–H groups in total. The van der Waals surface area contributed by atoms with Crippen molar-refractivity contribution < 1.29 is 9.00 Å². The number of halogens is 1. The first-order valence-electron chi connectivity index (χ1n) is 5.22. The van der Waals surface area contributed by atoms with E-state index >= 15 is 0 Å². The normalized spacial score (nSPS) is 12.1. The van der Waals surface area contributed by atoms with Crippen molar-refractivity contribution in [3.8, 4) is 0 Å². The Hall–Kier alpha value is -0.880. The molecule has 1 rings (SSSR count). The van der Waals surface area contributed by atoms with Gasteiger partial charge in [-0.25, -0.2) is 0 Å². The summed E-state index contributed by atoms with van der Waals surface area (Å²) in [4.78, 5) is 11.8. The molecule has 1 atom stereocenters. The van der Waals surface area contributed by atoms with Gasteiger partial charge in [-0.05, 0) is 18.2 Å². The van der Waals surface area contributed by atoms with Gasteiger partial charge in [0.1, 0.15) is 0 Å². The third kappa shape index (κ3) is 4.47. The quantitative estimate of drug-likeness (QED) is 0.809. The summed E-state index contributed by atoms with van der Waals surface area (Å²) in [6, 6.07) is 5.11. The smallest absolute Gasteiger partial charge is 0.253 e. The molecule has 0 radical (unpaired) electrons. The molecule has 0 fully saturated rings. The average molecular weight is 319 g/mol. The van der Waals surface area contributed by atoms with Crippen LogP contribution in [-0.2, 0) is 10.8 Å². The monoisotopic (exact) mass is 318 g/mol. The van der Waals surface area contributed by atoms with Crippen LogP contribution < -0.4 is 11.1 Å². The molecule has 0 aliphatic heterocycles. The van der Waals surface area contributed by atoms with Gasteiger partial charge in [-0.2, -0.15) is 0 Å². The molecule has 0 bridgehead atoms. The number of hydrogen-bond acceptors (Lipinski definition) is 3. The van der Waals surface area contributed by atoms with Crippen LogP contribution in [0.1, 0.15) is 17.3 Å². The maximum absolute atomic E-state index is 11.8. The van der Waals surface area contributed by atoms with Crippen molar-refractivity contribution in [1.82, 2.24) is 5.32 Å². The minimum atomic E-state index is -0.865. The summed E-state index contributed by atoms with van der Waals surface area (Å²) in [6.07, 6.45) is 0. The molecule has 0 saturated heterocycles. The zero-order valence-electron chi connectivity index (χ0n) is 9.53. The van der Waals surface area contributed by atoms with Crippen LogP contribution in [0.4, 0.5) is 5.69 Å². The molecule has 6 heteroatoms. The van der Waals surface area contributed by atoms with Crippen molar-refractivity contribution in [1.29, 1.82) is 0 Å². The van der Waals surface area contributed by atoms with Gasteiger partial charge in [-0.1, -0.05) is 22.9 Å². The van der Waals surface area contributed by atoms with E-state index in [1.807, 2.05) is 6.92 Å². The summed E-state index contributed by atoms with van der Waals surface area (Å²) in [7, 11) is -0.865. The van der Waals surface area contributed by atoms with E-state index in [2.05, 4.69) is 21.2 Å². The number of nitrogen functional groups attached to an aromatic ring is 1. The molecule has 1 amide bonds. The Morgan fingerprint density at radius 3 is 2.88 bits per heavy atom. The van der Waals surface area contributed by atoms with Crippen molar-refractivity contribution in [2.24, 2.45) is 0 Å². The Labute approximate surface area is 112 Å². The average Bonchev–Trinajstić information content (AvgIpc) is 2.31. The SMILES string of the molecule is CCS(=O)CCNC(=O)c1cc(Br)ccc1N. The maximum Gasteiger partial charge on any atom is 0.253 e. The Morgan fingerprint density at radius 1 is 1.53 bits per heavy atom. The van der Waals surface area contributed by atoms with Gasteiger partial charge in [-0.3, -0.25) is 9.00 Å². The number of amides is 1. The van der Waals surface area contributed by atoms with Crippen LogP contribution in [-0.4, -0.2) is 28.2 Å². The first-order valence-corrected chi connectivity index (χ1v) is 7.51. The Balaban J connectivity index is 2.58. The predicted molar refractivity (Wildman–Crippen MR) is 74.4 cm³/mol. The number of carbonyl (C=O) groups is 1. The second-order valence-electron chi connectivity index (χ2n) is 3.42. The van der Waals surface area contributed by atoms with Crippen LogP contribution in [0.25, 0.3) is 0 Å². The summed E-state index contributed by atoms with van der Waals surface area (Å²) < 4.78 is 12.0. The Kier molecular flexibility index (Phi) is 5.64. The summed E-state index contributed by atoms with van der Waals surface area (Å²) in [5, 5.41) is 2.70. The lowest BCUT2D eigenvalue weighted by Gasteiger charge is -2.07. The predicted octanol–water partition coefficient (Wildman–Crippen LogP) is 1.53. The molecule has 0 aromatic heterocycles. The van der Waals surface area contributed by atoms with Crippen molar-refractivity contribution >= 4 is 38.3 Å². The van der Waals surface area contributed by atoms with E-state index in [9.17, 15) is 9.00 Å². The van der Waals surface area contributed by atoms with E-state index in [0.717, 1.165) is 4.47 Å². The largest absolute Gasteiger partial charge is 0.398 e. The van der Waals surface area contributed by atoms with Crippen molar-refractivity contribution in [2.45, 2.75) is 6.92 Å². The van der Waals surface area contributed by atoms with E-state index in [1.165, 1.54) is 0 Å². The van der Waals surface area contributed by atoms with Crippen LogP contribution in [0.5, 0.6) is 0 Å². The van der Waals surface area contributed by atoms with Gasteiger partial charge in [-0.15, -0.1) is 0 Å². The highest BCUT2D eigenvalue weighted by Gasteiger charge is 2.09. The minimum absolute atomic E-state index is 0.239. The van der Waals surface area contributed by atoms with Gasteiger partial charge in [0.05, 0.1) is 5.56 Å². The number of nitrogens with two attached hydrogens (primary N) is 1. The summed E-state index contributed by atoms with van der Waals surface area (Å²) in [5.74, 6) is 0.835. The highest BCUT2D eigenvalue weighted by molar-refractivity contribution is 9.10. The summed E-state index contributed by atoms with van der Waals surface area (Å²) >= 11 is 3.28. The number of carbonyl (C=O) groups excluding carboxylic acids is 1. The van der Waals surface area contributed by atoms with Crippen molar-refractivity contribution in [3.05, 3.63) is 28.2 Å². The molecule has 0 saturated carbocycles. The fourth-order valence-corrected chi connectivity index (χ4v) is 2.22. The standard InChI is InChI=1S/C11H15BrN2O2S/c1-2-17(16)6-5-14-11(15)9-7-8(12)3-4-10(9)13/h3-4,7H,2,5-6,13H2,1H3,(H,14,15). The summed E-state index contributed by atoms with van der Waals surface area (Å²) in [6.45, 7) is 2.25. The zero-order valence-corrected chi connectivity index (χ0v) is 11.9. The van der Waals surface area contributed by atoms with Crippen molar-refractivity contribution in [2.75, 3.05) is 23.8 Å². The fourth-order valence-electron chi connectivity index (χ4n) is 1.24. The molecule has 0 spiro atoms. The molecule has 4 nitrogen and oxygen atoms in total. The van der Waals surface area contributed by atoms with Gasteiger partial charge in [0.25, 0.3) is 5.91 Å².